The van der Waals surface area contributed by atoms with E-state index in [0.717, 1.165) is 29.8 Å². The predicted octanol–water partition coefficient (Wildman–Crippen LogP) is 1.71. The minimum atomic E-state index is 0.132. The van der Waals surface area contributed by atoms with Gasteiger partial charge in [0.05, 0.1) is 24.1 Å². The van der Waals surface area contributed by atoms with Gasteiger partial charge in [-0.3, -0.25) is 4.79 Å². The van der Waals surface area contributed by atoms with Crippen molar-refractivity contribution in [2.24, 2.45) is 7.05 Å². The molecule has 0 saturated carbocycles. The number of carbonyl (C=O) groups is 1. The molecule has 0 spiro atoms. The van der Waals surface area contributed by atoms with E-state index in [4.69, 9.17) is 4.74 Å². The van der Waals surface area contributed by atoms with Gasteiger partial charge in [0.1, 0.15) is 5.56 Å². The molecular formula is C14H16N4O2. The lowest BCUT2D eigenvalue weighted by atomic mass is 9.96. The molecule has 104 valence electrons. The number of hydrogen-bond donors (Lipinski definition) is 0. The molecule has 0 aliphatic heterocycles. The molecule has 0 aromatic carbocycles. The van der Waals surface area contributed by atoms with Gasteiger partial charge in [-0.05, 0) is 19.8 Å². The smallest absolute Gasteiger partial charge is 0.222 e. The zero-order valence-electron chi connectivity index (χ0n) is 11.8. The summed E-state index contributed by atoms with van der Waals surface area (Å²) in [5.41, 5.74) is 3.08. The van der Waals surface area contributed by atoms with Crippen molar-refractivity contribution in [2.45, 2.75) is 26.2 Å². The lowest BCUT2D eigenvalue weighted by Crippen LogP contribution is -2.14. The summed E-state index contributed by atoms with van der Waals surface area (Å²) in [6, 6.07) is 0. The van der Waals surface area contributed by atoms with Crippen LogP contribution < -0.4 is 4.74 Å². The zero-order valence-corrected chi connectivity index (χ0v) is 11.8. The normalized spacial score (nSPS) is 14.2. The van der Waals surface area contributed by atoms with Crippen molar-refractivity contribution in [2.75, 3.05) is 7.11 Å². The van der Waals surface area contributed by atoms with E-state index in [0.29, 0.717) is 23.7 Å². The van der Waals surface area contributed by atoms with Gasteiger partial charge in [0.25, 0.3) is 0 Å². The Morgan fingerprint density at radius 3 is 2.90 bits per heavy atom. The van der Waals surface area contributed by atoms with Crippen molar-refractivity contribution in [3.63, 3.8) is 0 Å². The van der Waals surface area contributed by atoms with Crippen molar-refractivity contribution in [3.05, 3.63) is 23.1 Å². The Labute approximate surface area is 116 Å². The molecule has 0 N–H and O–H groups in total. The van der Waals surface area contributed by atoms with Crippen molar-refractivity contribution in [1.29, 1.82) is 0 Å². The van der Waals surface area contributed by atoms with Crippen molar-refractivity contribution >= 4 is 5.78 Å². The fourth-order valence-corrected chi connectivity index (χ4v) is 2.64. The molecule has 0 radical (unpaired) electrons. The van der Waals surface area contributed by atoms with Crippen LogP contribution in [0, 0.1) is 6.92 Å². The number of aryl methyl sites for hydroxylation is 3. The van der Waals surface area contributed by atoms with Crippen molar-refractivity contribution in [1.82, 2.24) is 19.7 Å². The Hall–Kier alpha value is -2.24. The summed E-state index contributed by atoms with van der Waals surface area (Å²) >= 11 is 0. The number of rotatable bonds is 2. The lowest BCUT2D eigenvalue weighted by Gasteiger charge is -2.14. The number of nitrogens with zero attached hydrogens (tertiary/aromatic N) is 4. The summed E-state index contributed by atoms with van der Waals surface area (Å²) in [5.74, 6) is 1.33. The number of fused-ring (bicyclic) bond motifs is 1. The first kappa shape index (κ1) is 12.8. The number of carbonyl (C=O) groups excluding carboxylic acids is 1. The van der Waals surface area contributed by atoms with E-state index < -0.39 is 0 Å². The topological polar surface area (TPSA) is 69.9 Å². The molecule has 0 unspecified atom stereocenters. The zero-order chi connectivity index (χ0) is 14.3. The third-order valence-corrected chi connectivity index (χ3v) is 3.57. The molecule has 0 amide bonds. The van der Waals surface area contributed by atoms with E-state index in [2.05, 4.69) is 15.1 Å². The van der Waals surface area contributed by atoms with Crippen LogP contribution in [0.25, 0.3) is 11.4 Å². The number of hydrogen-bond acceptors (Lipinski definition) is 5. The Bertz CT molecular complexity index is 691. The second-order valence-electron chi connectivity index (χ2n) is 4.92. The van der Waals surface area contributed by atoms with Gasteiger partial charge in [-0.15, -0.1) is 0 Å². The number of aromatic nitrogens is 4. The highest BCUT2D eigenvalue weighted by molar-refractivity contribution is 5.97. The third-order valence-electron chi connectivity index (χ3n) is 3.57. The Balaban J connectivity index is 2.14. The van der Waals surface area contributed by atoms with E-state index in [1.165, 1.54) is 0 Å². The molecule has 1 aliphatic carbocycles. The fraction of sp³-hybridized carbons (Fsp3) is 0.429. The summed E-state index contributed by atoms with van der Waals surface area (Å²) in [7, 11) is 3.42. The number of ether oxygens (including phenoxy) is 1. The number of ketones is 1. The fourth-order valence-electron chi connectivity index (χ4n) is 2.64. The molecular weight excluding hydrogens is 256 g/mol. The molecule has 0 fully saturated rings. The Morgan fingerprint density at radius 2 is 2.15 bits per heavy atom. The molecule has 2 aromatic heterocycles. The van der Waals surface area contributed by atoms with Gasteiger partial charge >= 0.3 is 0 Å². The first-order valence-electron chi connectivity index (χ1n) is 6.59. The van der Waals surface area contributed by atoms with Gasteiger partial charge in [-0.2, -0.15) is 5.10 Å². The first-order valence-corrected chi connectivity index (χ1v) is 6.59. The van der Waals surface area contributed by atoms with Crippen LogP contribution in [-0.2, 0) is 13.5 Å². The summed E-state index contributed by atoms with van der Waals surface area (Å²) in [6.45, 7) is 1.89. The third kappa shape index (κ3) is 1.88. The van der Waals surface area contributed by atoms with E-state index in [1.54, 1.807) is 18.0 Å². The SMILES string of the molecule is COc1c(-c2ncc3c(n2)CCCC3=O)c(C)nn1C. The summed E-state index contributed by atoms with van der Waals surface area (Å²) in [6.07, 6.45) is 3.89. The van der Waals surface area contributed by atoms with Gasteiger partial charge in [-0.25, -0.2) is 14.6 Å². The first-order chi connectivity index (χ1) is 9.61. The molecule has 1 aliphatic rings. The predicted molar refractivity (Wildman–Crippen MR) is 72.8 cm³/mol. The van der Waals surface area contributed by atoms with Gasteiger partial charge in [0.2, 0.25) is 5.88 Å². The van der Waals surface area contributed by atoms with Crippen molar-refractivity contribution in [3.8, 4) is 17.3 Å². The summed E-state index contributed by atoms with van der Waals surface area (Å²) in [5, 5.41) is 4.33. The van der Waals surface area contributed by atoms with Crippen LogP contribution in [0.4, 0.5) is 0 Å². The van der Waals surface area contributed by atoms with Crippen molar-refractivity contribution < 1.29 is 9.53 Å². The molecule has 0 bridgehead atoms. The van der Waals surface area contributed by atoms with Gasteiger partial charge in [0.15, 0.2) is 11.6 Å². The quantitative estimate of drug-likeness (QED) is 0.832. The van der Waals surface area contributed by atoms with Crippen LogP contribution in [0.5, 0.6) is 5.88 Å². The Morgan fingerprint density at radius 1 is 1.35 bits per heavy atom. The highest BCUT2D eigenvalue weighted by Gasteiger charge is 2.23. The van der Waals surface area contributed by atoms with Gasteiger partial charge < -0.3 is 4.74 Å². The molecule has 2 aromatic rings. The maximum Gasteiger partial charge on any atom is 0.222 e. The largest absolute Gasteiger partial charge is 0.481 e. The Kier molecular flexibility index (Phi) is 3.00. The van der Waals surface area contributed by atoms with Crippen LogP contribution in [0.2, 0.25) is 0 Å². The van der Waals surface area contributed by atoms with Crippen LogP contribution in [-0.4, -0.2) is 32.6 Å². The maximum absolute atomic E-state index is 11.8. The average Bonchev–Trinajstić information content (AvgIpc) is 2.72. The number of methoxy groups -OCH3 is 1. The second-order valence-corrected chi connectivity index (χ2v) is 4.92. The van der Waals surface area contributed by atoms with Gasteiger partial charge in [0, 0.05) is 19.7 Å². The molecule has 0 atom stereocenters. The maximum atomic E-state index is 11.8. The minimum absolute atomic E-state index is 0.132. The van der Waals surface area contributed by atoms with Crippen LogP contribution in [0.15, 0.2) is 6.20 Å². The summed E-state index contributed by atoms with van der Waals surface area (Å²) in [4.78, 5) is 20.7. The summed E-state index contributed by atoms with van der Waals surface area (Å²) < 4.78 is 7.04. The van der Waals surface area contributed by atoms with Crippen LogP contribution in [0.3, 0.4) is 0 Å². The van der Waals surface area contributed by atoms with E-state index in [-0.39, 0.29) is 5.78 Å². The van der Waals surface area contributed by atoms with E-state index in [1.807, 2.05) is 14.0 Å². The minimum Gasteiger partial charge on any atom is -0.481 e. The highest BCUT2D eigenvalue weighted by atomic mass is 16.5. The van der Waals surface area contributed by atoms with E-state index >= 15 is 0 Å². The molecule has 6 nitrogen and oxygen atoms in total. The average molecular weight is 272 g/mol. The van der Waals surface area contributed by atoms with Crippen LogP contribution in [0.1, 0.15) is 34.6 Å². The van der Waals surface area contributed by atoms with Crippen LogP contribution >= 0.6 is 0 Å². The molecule has 20 heavy (non-hydrogen) atoms. The van der Waals surface area contributed by atoms with E-state index in [9.17, 15) is 4.79 Å². The molecule has 6 heteroatoms. The molecule has 2 heterocycles. The second kappa shape index (κ2) is 4.70. The lowest BCUT2D eigenvalue weighted by molar-refractivity contribution is 0.0971. The number of Topliss-reactive ketones (excluding diaryl/α,β-unsaturated/α-hetero) is 1. The monoisotopic (exact) mass is 272 g/mol. The highest BCUT2D eigenvalue weighted by Crippen LogP contribution is 2.31. The molecule has 3 rings (SSSR count). The molecule has 0 saturated heterocycles. The van der Waals surface area contributed by atoms with Gasteiger partial charge in [-0.1, -0.05) is 0 Å². The standard InChI is InChI=1S/C14H16N4O2/c1-8-12(14(20-3)18(2)17-8)13-15-7-9-10(16-13)5-4-6-11(9)19/h7H,4-6H2,1-3H3.